The third kappa shape index (κ3) is 2.90. The SMILES string of the molecule is OCCCCc1csc(-c2ccccc2)n1. The predicted molar refractivity (Wildman–Crippen MR) is 67.6 cm³/mol. The highest BCUT2D eigenvalue weighted by atomic mass is 32.1. The first-order valence-electron chi connectivity index (χ1n) is 5.51. The fraction of sp³-hybridized carbons (Fsp3) is 0.308. The summed E-state index contributed by atoms with van der Waals surface area (Å²) in [6.45, 7) is 0.273. The zero-order chi connectivity index (χ0) is 11.2. The average Bonchev–Trinajstić information content (AvgIpc) is 2.79. The summed E-state index contributed by atoms with van der Waals surface area (Å²) >= 11 is 1.69. The summed E-state index contributed by atoms with van der Waals surface area (Å²) in [6, 6.07) is 10.2. The van der Waals surface area contributed by atoms with Crippen LogP contribution in [-0.4, -0.2) is 16.7 Å². The lowest BCUT2D eigenvalue weighted by atomic mass is 10.2. The van der Waals surface area contributed by atoms with E-state index in [1.54, 1.807) is 11.3 Å². The van der Waals surface area contributed by atoms with Crippen molar-refractivity contribution in [3.63, 3.8) is 0 Å². The third-order valence-electron chi connectivity index (χ3n) is 2.41. The Bertz CT molecular complexity index is 425. The van der Waals surface area contributed by atoms with E-state index in [1.165, 1.54) is 5.56 Å². The molecule has 0 fully saturated rings. The molecule has 0 aliphatic heterocycles. The summed E-state index contributed by atoms with van der Waals surface area (Å²) in [5.74, 6) is 0. The number of aliphatic hydroxyl groups is 1. The van der Waals surface area contributed by atoms with Gasteiger partial charge >= 0.3 is 0 Å². The van der Waals surface area contributed by atoms with Gasteiger partial charge in [0.05, 0.1) is 5.69 Å². The van der Waals surface area contributed by atoms with Crippen LogP contribution in [0.15, 0.2) is 35.7 Å². The lowest BCUT2D eigenvalue weighted by Gasteiger charge is -1.95. The molecule has 2 aromatic rings. The topological polar surface area (TPSA) is 33.1 Å². The Kier molecular flexibility index (Phi) is 4.08. The van der Waals surface area contributed by atoms with Crippen molar-refractivity contribution in [3.8, 4) is 10.6 Å². The summed E-state index contributed by atoms with van der Waals surface area (Å²) in [5.41, 5.74) is 2.32. The molecule has 2 rings (SSSR count). The van der Waals surface area contributed by atoms with Crippen molar-refractivity contribution < 1.29 is 5.11 Å². The molecular weight excluding hydrogens is 218 g/mol. The monoisotopic (exact) mass is 233 g/mol. The van der Waals surface area contributed by atoms with Gasteiger partial charge in [-0.25, -0.2) is 4.98 Å². The average molecular weight is 233 g/mol. The Morgan fingerprint density at radius 2 is 1.94 bits per heavy atom. The molecular formula is C13H15NOS. The van der Waals surface area contributed by atoms with Crippen LogP contribution in [0.4, 0.5) is 0 Å². The van der Waals surface area contributed by atoms with Crippen molar-refractivity contribution in [1.29, 1.82) is 0 Å². The minimum absolute atomic E-state index is 0.273. The molecule has 0 unspecified atom stereocenters. The van der Waals surface area contributed by atoms with E-state index in [9.17, 15) is 0 Å². The van der Waals surface area contributed by atoms with Crippen LogP contribution in [0.1, 0.15) is 18.5 Å². The second-order valence-corrected chi connectivity index (χ2v) is 4.55. The lowest BCUT2D eigenvalue weighted by molar-refractivity contribution is 0.284. The Balaban J connectivity index is 2.02. The smallest absolute Gasteiger partial charge is 0.123 e. The molecule has 0 aliphatic carbocycles. The molecule has 0 radical (unpaired) electrons. The summed E-state index contributed by atoms with van der Waals surface area (Å²) in [6.07, 6.45) is 2.83. The molecule has 1 heterocycles. The van der Waals surface area contributed by atoms with Gasteiger partial charge in [-0.1, -0.05) is 30.3 Å². The molecule has 0 saturated carbocycles. The Labute approximate surface area is 99.6 Å². The summed E-state index contributed by atoms with van der Waals surface area (Å²) in [5, 5.41) is 11.9. The highest BCUT2D eigenvalue weighted by Gasteiger charge is 2.03. The number of benzene rings is 1. The van der Waals surface area contributed by atoms with Gasteiger partial charge < -0.3 is 5.11 Å². The summed E-state index contributed by atoms with van der Waals surface area (Å²) < 4.78 is 0. The van der Waals surface area contributed by atoms with Crippen LogP contribution in [0.3, 0.4) is 0 Å². The Morgan fingerprint density at radius 3 is 2.69 bits per heavy atom. The quantitative estimate of drug-likeness (QED) is 0.805. The van der Waals surface area contributed by atoms with E-state index < -0.39 is 0 Å². The van der Waals surface area contributed by atoms with Crippen LogP contribution < -0.4 is 0 Å². The van der Waals surface area contributed by atoms with Crippen molar-refractivity contribution in [2.24, 2.45) is 0 Å². The Morgan fingerprint density at radius 1 is 1.12 bits per heavy atom. The number of aryl methyl sites for hydroxylation is 1. The van der Waals surface area contributed by atoms with E-state index in [1.807, 2.05) is 18.2 Å². The highest BCUT2D eigenvalue weighted by Crippen LogP contribution is 2.23. The zero-order valence-electron chi connectivity index (χ0n) is 9.10. The van der Waals surface area contributed by atoms with Crippen LogP contribution in [0.25, 0.3) is 10.6 Å². The van der Waals surface area contributed by atoms with Crippen molar-refractivity contribution in [1.82, 2.24) is 4.98 Å². The minimum Gasteiger partial charge on any atom is -0.396 e. The number of thiazole rings is 1. The maximum Gasteiger partial charge on any atom is 0.123 e. The van der Waals surface area contributed by atoms with Crippen molar-refractivity contribution in [2.45, 2.75) is 19.3 Å². The minimum atomic E-state index is 0.273. The first-order valence-corrected chi connectivity index (χ1v) is 6.39. The van der Waals surface area contributed by atoms with Crippen LogP contribution in [0.2, 0.25) is 0 Å². The molecule has 0 amide bonds. The molecule has 1 aromatic carbocycles. The molecule has 0 bridgehead atoms. The molecule has 1 aromatic heterocycles. The van der Waals surface area contributed by atoms with Gasteiger partial charge in [0, 0.05) is 17.6 Å². The number of rotatable bonds is 5. The van der Waals surface area contributed by atoms with Crippen LogP contribution in [-0.2, 0) is 6.42 Å². The first kappa shape index (κ1) is 11.3. The number of aromatic nitrogens is 1. The van der Waals surface area contributed by atoms with Gasteiger partial charge in [-0.3, -0.25) is 0 Å². The normalized spacial score (nSPS) is 10.6. The van der Waals surface area contributed by atoms with E-state index in [0.29, 0.717) is 0 Å². The van der Waals surface area contributed by atoms with Crippen LogP contribution >= 0.6 is 11.3 Å². The van der Waals surface area contributed by atoms with E-state index in [4.69, 9.17) is 5.11 Å². The van der Waals surface area contributed by atoms with Crippen molar-refractivity contribution in [3.05, 3.63) is 41.4 Å². The molecule has 3 heteroatoms. The van der Waals surface area contributed by atoms with Gasteiger partial charge in [-0.2, -0.15) is 0 Å². The molecule has 0 atom stereocenters. The lowest BCUT2D eigenvalue weighted by Crippen LogP contribution is -1.88. The van der Waals surface area contributed by atoms with Crippen molar-refractivity contribution in [2.75, 3.05) is 6.61 Å². The fourth-order valence-electron chi connectivity index (χ4n) is 1.55. The van der Waals surface area contributed by atoms with E-state index in [2.05, 4.69) is 22.5 Å². The second-order valence-electron chi connectivity index (χ2n) is 3.69. The maximum atomic E-state index is 8.71. The first-order chi connectivity index (χ1) is 7.90. The summed E-state index contributed by atoms with van der Waals surface area (Å²) in [4.78, 5) is 4.59. The van der Waals surface area contributed by atoms with Crippen LogP contribution in [0, 0.1) is 0 Å². The number of aliphatic hydroxyl groups excluding tert-OH is 1. The van der Waals surface area contributed by atoms with Gasteiger partial charge in [0.25, 0.3) is 0 Å². The van der Waals surface area contributed by atoms with Gasteiger partial charge in [0.15, 0.2) is 0 Å². The largest absolute Gasteiger partial charge is 0.396 e. The molecule has 1 N–H and O–H groups in total. The van der Waals surface area contributed by atoms with E-state index in [-0.39, 0.29) is 6.61 Å². The molecule has 16 heavy (non-hydrogen) atoms. The maximum absolute atomic E-state index is 8.71. The highest BCUT2D eigenvalue weighted by molar-refractivity contribution is 7.13. The second kappa shape index (κ2) is 5.77. The standard InChI is InChI=1S/C13H15NOS/c15-9-5-4-8-12-10-16-13(14-12)11-6-2-1-3-7-11/h1-3,6-7,10,15H,4-5,8-9H2. The predicted octanol–water partition coefficient (Wildman–Crippen LogP) is 3.13. The number of hydrogen-bond donors (Lipinski definition) is 1. The fourth-order valence-corrected chi connectivity index (χ4v) is 2.41. The Hall–Kier alpha value is -1.19. The van der Waals surface area contributed by atoms with Gasteiger partial charge in [0.1, 0.15) is 5.01 Å². The number of hydrogen-bond acceptors (Lipinski definition) is 3. The molecule has 0 spiro atoms. The molecule has 84 valence electrons. The number of unbranched alkanes of at least 4 members (excludes halogenated alkanes) is 1. The van der Waals surface area contributed by atoms with Gasteiger partial charge in [-0.15, -0.1) is 11.3 Å². The van der Waals surface area contributed by atoms with Crippen LogP contribution in [0.5, 0.6) is 0 Å². The van der Waals surface area contributed by atoms with Gasteiger partial charge in [-0.05, 0) is 19.3 Å². The zero-order valence-corrected chi connectivity index (χ0v) is 9.91. The molecule has 2 nitrogen and oxygen atoms in total. The van der Waals surface area contributed by atoms with Gasteiger partial charge in [0.2, 0.25) is 0 Å². The third-order valence-corrected chi connectivity index (χ3v) is 3.35. The van der Waals surface area contributed by atoms with E-state index in [0.717, 1.165) is 30.0 Å². The summed E-state index contributed by atoms with van der Waals surface area (Å²) in [7, 11) is 0. The molecule has 0 aliphatic rings. The van der Waals surface area contributed by atoms with E-state index >= 15 is 0 Å². The number of nitrogens with zero attached hydrogens (tertiary/aromatic N) is 1. The van der Waals surface area contributed by atoms with Crippen molar-refractivity contribution >= 4 is 11.3 Å². The molecule has 0 saturated heterocycles.